The summed E-state index contributed by atoms with van der Waals surface area (Å²) in [6.07, 6.45) is 0. The Morgan fingerprint density at radius 3 is 2.79 bits per heavy atom. The predicted octanol–water partition coefficient (Wildman–Crippen LogP) is 4.69. The van der Waals surface area contributed by atoms with Crippen LogP contribution in [0.4, 0.5) is 4.39 Å². The zero-order valence-electron chi connectivity index (χ0n) is 9.66. The Kier molecular flexibility index (Phi) is 4.41. The fourth-order valence-corrected chi connectivity index (χ4v) is 2.07. The van der Waals surface area contributed by atoms with Gasteiger partial charge in [0.25, 0.3) is 0 Å². The molecule has 0 aliphatic heterocycles. The van der Waals surface area contributed by atoms with Crippen LogP contribution in [0, 0.1) is 17.1 Å². The highest BCUT2D eigenvalue weighted by Gasteiger charge is 2.09. The molecule has 0 saturated carbocycles. The lowest BCUT2D eigenvalue weighted by Crippen LogP contribution is -2.00. The fraction of sp³-hybridized carbons (Fsp3) is 0.0714. The van der Waals surface area contributed by atoms with Crippen molar-refractivity contribution in [3.05, 3.63) is 62.8 Å². The lowest BCUT2D eigenvalue weighted by Gasteiger charge is -2.09. The first kappa shape index (κ1) is 13.9. The maximum absolute atomic E-state index is 13.6. The summed E-state index contributed by atoms with van der Waals surface area (Å²) in [6, 6.07) is 11.6. The number of rotatable bonds is 3. The first-order valence-corrected chi connectivity index (χ1v) is 6.54. The average Bonchev–Trinajstić information content (AvgIpc) is 2.38. The van der Waals surface area contributed by atoms with Crippen LogP contribution in [0.25, 0.3) is 0 Å². The third-order valence-electron chi connectivity index (χ3n) is 2.49. The summed E-state index contributed by atoms with van der Waals surface area (Å²) in [5.74, 6) is -0.0211. The number of halogens is 3. The quantitative estimate of drug-likeness (QED) is 0.812. The molecule has 2 nitrogen and oxygen atoms in total. The SMILES string of the molecule is N#Cc1c(Cl)cccc1OCc1ccc(Br)cc1F. The standard InChI is InChI=1S/C14H8BrClFNO/c15-10-5-4-9(13(17)6-10)8-19-14-3-1-2-12(16)11(14)7-18/h1-6H,8H2. The monoisotopic (exact) mass is 339 g/mol. The van der Waals surface area contributed by atoms with E-state index in [0.29, 0.717) is 20.8 Å². The Hall–Kier alpha value is -1.57. The maximum atomic E-state index is 13.6. The van der Waals surface area contributed by atoms with Crippen molar-refractivity contribution < 1.29 is 9.13 Å². The van der Waals surface area contributed by atoms with Crippen LogP contribution in [0.5, 0.6) is 5.75 Å². The van der Waals surface area contributed by atoms with Crippen LogP contribution in [-0.2, 0) is 6.61 Å². The highest BCUT2D eigenvalue weighted by Crippen LogP contribution is 2.26. The molecule has 0 spiro atoms. The summed E-state index contributed by atoms with van der Waals surface area (Å²) in [5.41, 5.74) is 0.661. The van der Waals surface area contributed by atoms with Gasteiger partial charge in [-0.05, 0) is 24.3 Å². The topological polar surface area (TPSA) is 33.0 Å². The molecule has 0 amide bonds. The second-order valence-corrected chi connectivity index (χ2v) is 5.07. The van der Waals surface area contributed by atoms with Crippen LogP contribution in [0.2, 0.25) is 5.02 Å². The smallest absolute Gasteiger partial charge is 0.139 e. The van der Waals surface area contributed by atoms with Gasteiger partial charge in [0.15, 0.2) is 0 Å². The molecular weight excluding hydrogens is 333 g/mol. The minimum absolute atomic E-state index is 0.0358. The van der Waals surface area contributed by atoms with Gasteiger partial charge in [0.1, 0.15) is 29.8 Å². The van der Waals surface area contributed by atoms with Gasteiger partial charge in [0.2, 0.25) is 0 Å². The van der Waals surface area contributed by atoms with E-state index < -0.39 is 0 Å². The Bertz CT molecular complexity index is 654. The van der Waals surface area contributed by atoms with Crippen molar-refractivity contribution in [1.29, 1.82) is 5.26 Å². The molecule has 96 valence electrons. The molecule has 0 aromatic heterocycles. The van der Waals surface area contributed by atoms with Crippen LogP contribution < -0.4 is 4.74 Å². The molecule has 0 N–H and O–H groups in total. The van der Waals surface area contributed by atoms with Gasteiger partial charge >= 0.3 is 0 Å². The van der Waals surface area contributed by atoms with E-state index in [-0.39, 0.29) is 18.0 Å². The number of hydrogen-bond acceptors (Lipinski definition) is 2. The van der Waals surface area contributed by atoms with Gasteiger partial charge in [-0.25, -0.2) is 4.39 Å². The lowest BCUT2D eigenvalue weighted by atomic mass is 10.2. The van der Waals surface area contributed by atoms with Crippen molar-refractivity contribution in [2.45, 2.75) is 6.61 Å². The van der Waals surface area contributed by atoms with E-state index in [1.807, 2.05) is 6.07 Å². The Labute approximate surface area is 123 Å². The predicted molar refractivity (Wildman–Crippen MR) is 74.6 cm³/mol. The molecule has 0 fully saturated rings. The summed E-state index contributed by atoms with van der Waals surface area (Å²) < 4.78 is 19.7. The van der Waals surface area contributed by atoms with E-state index in [9.17, 15) is 4.39 Å². The zero-order valence-corrected chi connectivity index (χ0v) is 12.0. The van der Waals surface area contributed by atoms with Gasteiger partial charge in [-0.2, -0.15) is 5.26 Å². The molecule has 2 aromatic rings. The van der Waals surface area contributed by atoms with Gasteiger partial charge in [0.05, 0.1) is 5.02 Å². The minimum atomic E-state index is -0.366. The first-order chi connectivity index (χ1) is 9.11. The number of hydrogen-bond donors (Lipinski definition) is 0. The maximum Gasteiger partial charge on any atom is 0.139 e. The first-order valence-electron chi connectivity index (χ1n) is 5.37. The molecule has 0 unspecified atom stereocenters. The normalized spacial score (nSPS) is 10.0. The fourth-order valence-electron chi connectivity index (χ4n) is 1.53. The third kappa shape index (κ3) is 3.25. The van der Waals surface area contributed by atoms with Gasteiger partial charge in [-0.3, -0.25) is 0 Å². The summed E-state index contributed by atoms with van der Waals surface area (Å²) in [7, 11) is 0. The summed E-state index contributed by atoms with van der Waals surface area (Å²) >= 11 is 9.06. The molecule has 2 rings (SSSR count). The molecule has 2 aromatic carbocycles. The van der Waals surface area contributed by atoms with Gasteiger partial charge in [-0.15, -0.1) is 0 Å². The highest BCUT2D eigenvalue weighted by atomic mass is 79.9. The largest absolute Gasteiger partial charge is 0.487 e. The number of benzene rings is 2. The molecular formula is C14H8BrClFNO. The van der Waals surface area contributed by atoms with E-state index in [1.54, 1.807) is 30.3 Å². The van der Waals surface area contributed by atoms with Crippen molar-refractivity contribution in [1.82, 2.24) is 0 Å². The molecule has 0 heterocycles. The van der Waals surface area contributed by atoms with Crippen LogP contribution >= 0.6 is 27.5 Å². The Balaban J connectivity index is 2.20. The van der Waals surface area contributed by atoms with E-state index in [0.717, 1.165) is 0 Å². The van der Waals surface area contributed by atoms with Crippen LogP contribution in [-0.4, -0.2) is 0 Å². The number of nitriles is 1. The Morgan fingerprint density at radius 2 is 2.11 bits per heavy atom. The summed E-state index contributed by atoms with van der Waals surface area (Å²) in [6.45, 7) is 0.0358. The van der Waals surface area contributed by atoms with Crippen molar-refractivity contribution in [3.63, 3.8) is 0 Å². The molecule has 19 heavy (non-hydrogen) atoms. The second kappa shape index (κ2) is 6.05. The van der Waals surface area contributed by atoms with Gasteiger partial charge in [0, 0.05) is 10.0 Å². The molecule has 0 radical (unpaired) electrons. The minimum Gasteiger partial charge on any atom is -0.487 e. The number of ether oxygens (including phenoxy) is 1. The van der Waals surface area contributed by atoms with Gasteiger partial charge < -0.3 is 4.74 Å². The van der Waals surface area contributed by atoms with E-state index >= 15 is 0 Å². The zero-order chi connectivity index (χ0) is 13.8. The molecule has 0 aliphatic carbocycles. The molecule has 5 heteroatoms. The van der Waals surface area contributed by atoms with Gasteiger partial charge in [-0.1, -0.05) is 39.7 Å². The lowest BCUT2D eigenvalue weighted by molar-refractivity contribution is 0.299. The van der Waals surface area contributed by atoms with Crippen molar-refractivity contribution in [3.8, 4) is 11.8 Å². The van der Waals surface area contributed by atoms with Crippen molar-refractivity contribution >= 4 is 27.5 Å². The molecule has 0 bridgehead atoms. The number of nitrogens with zero attached hydrogens (tertiary/aromatic N) is 1. The summed E-state index contributed by atoms with van der Waals surface area (Å²) in [4.78, 5) is 0. The van der Waals surface area contributed by atoms with Crippen LogP contribution in [0.3, 0.4) is 0 Å². The molecule has 0 saturated heterocycles. The van der Waals surface area contributed by atoms with Crippen molar-refractivity contribution in [2.75, 3.05) is 0 Å². The van der Waals surface area contributed by atoms with E-state index in [4.69, 9.17) is 21.6 Å². The molecule has 0 atom stereocenters. The van der Waals surface area contributed by atoms with Crippen molar-refractivity contribution in [2.24, 2.45) is 0 Å². The third-order valence-corrected chi connectivity index (χ3v) is 3.29. The summed E-state index contributed by atoms with van der Waals surface area (Å²) in [5, 5.41) is 9.31. The van der Waals surface area contributed by atoms with E-state index in [1.165, 1.54) is 6.07 Å². The highest BCUT2D eigenvalue weighted by molar-refractivity contribution is 9.10. The Morgan fingerprint density at radius 1 is 1.32 bits per heavy atom. The van der Waals surface area contributed by atoms with E-state index in [2.05, 4.69) is 15.9 Å². The average molecular weight is 341 g/mol. The second-order valence-electron chi connectivity index (χ2n) is 3.75. The van der Waals surface area contributed by atoms with Crippen LogP contribution in [0.15, 0.2) is 40.9 Å². The van der Waals surface area contributed by atoms with Crippen LogP contribution in [0.1, 0.15) is 11.1 Å². The molecule has 0 aliphatic rings.